The van der Waals surface area contributed by atoms with Crippen molar-refractivity contribution in [3.8, 4) is 0 Å². The molecule has 0 fully saturated rings. The Morgan fingerprint density at radius 1 is 1.23 bits per heavy atom. The highest BCUT2D eigenvalue weighted by Gasteiger charge is 2.18. The van der Waals surface area contributed by atoms with Crippen LogP contribution < -0.4 is 11.1 Å². The zero-order valence-electron chi connectivity index (χ0n) is 12.1. The Bertz CT molecular complexity index is 745. The molecule has 0 aliphatic carbocycles. The number of hydrogen-bond acceptors (Lipinski definition) is 2. The SMILES string of the molecule is CCc1c(Br)c(N)c(Br)c(C)c1NC(=O)c1cccc(Br)c1. The Morgan fingerprint density at radius 2 is 1.91 bits per heavy atom. The second kappa shape index (κ2) is 7.15. The Labute approximate surface area is 155 Å². The minimum absolute atomic E-state index is 0.150. The van der Waals surface area contributed by atoms with Crippen molar-refractivity contribution < 1.29 is 4.79 Å². The van der Waals surface area contributed by atoms with E-state index in [1.807, 2.05) is 26.0 Å². The smallest absolute Gasteiger partial charge is 0.255 e. The van der Waals surface area contributed by atoms with Crippen LogP contribution in [-0.4, -0.2) is 5.91 Å². The number of hydrogen-bond donors (Lipinski definition) is 2. The number of amides is 1. The van der Waals surface area contributed by atoms with Gasteiger partial charge in [-0.1, -0.05) is 28.9 Å². The molecular formula is C16H15Br3N2O. The number of halogens is 3. The molecule has 0 spiro atoms. The Hall–Kier alpha value is -0.850. The zero-order valence-corrected chi connectivity index (χ0v) is 16.9. The monoisotopic (exact) mass is 488 g/mol. The van der Waals surface area contributed by atoms with Gasteiger partial charge in [0.1, 0.15) is 0 Å². The molecule has 0 saturated carbocycles. The summed E-state index contributed by atoms with van der Waals surface area (Å²) in [6.45, 7) is 3.96. The molecule has 0 aliphatic heterocycles. The molecule has 0 unspecified atom stereocenters. The van der Waals surface area contributed by atoms with E-state index in [4.69, 9.17) is 5.73 Å². The van der Waals surface area contributed by atoms with Crippen molar-refractivity contribution in [2.45, 2.75) is 20.3 Å². The van der Waals surface area contributed by atoms with Gasteiger partial charge < -0.3 is 11.1 Å². The lowest BCUT2D eigenvalue weighted by atomic mass is 10.0. The van der Waals surface area contributed by atoms with Crippen LogP contribution in [0.4, 0.5) is 11.4 Å². The van der Waals surface area contributed by atoms with Gasteiger partial charge in [0.05, 0.1) is 5.69 Å². The van der Waals surface area contributed by atoms with E-state index in [2.05, 4.69) is 53.1 Å². The molecule has 116 valence electrons. The Balaban J connectivity index is 2.47. The largest absolute Gasteiger partial charge is 0.397 e. The Kier molecular flexibility index (Phi) is 5.69. The fraction of sp³-hybridized carbons (Fsp3) is 0.188. The van der Waals surface area contributed by atoms with E-state index in [0.717, 1.165) is 36.7 Å². The molecule has 2 aromatic rings. The number of anilines is 2. The Morgan fingerprint density at radius 3 is 2.50 bits per heavy atom. The average molecular weight is 491 g/mol. The van der Waals surface area contributed by atoms with Gasteiger partial charge in [0, 0.05) is 24.7 Å². The number of carbonyl (C=O) groups is 1. The van der Waals surface area contributed by atoms with Gasteiger partial charge in [0.15, 0.2) is 0 Å². The van der Waals surface area contributed by atoms with Crippen molar-refractivity contribution in [3.05, 3.63) is 54.4 Å². The zero-order chi connectivity index (χ0) is 16.4. The van der Waals surface area contributed by atoms with E-state index in [1.165, 1.54) is 0 Å². The number of nitrogens with one attached hydrogen (secondary N) is 1. The molecule has 6 heteroatoms. The lowest BCUT2D eigenvalue weighted by Gasteiger charge is -2.18. The molecule has 0 radical (unpaired) electrons. The van der Waals surface area contributed by atoms with Gasteiger partial charge in [0.2, 0.25) is 0 Å². The first-order valence-corrected chi connectivity index (χ1v) is 9.07. The molecule has 2 rings (SSSR count). The molecular weight excluding hydrogens is 476 g/mol. The summed E-state index contributed by atoms with van der Waals surface area (Å²) in [4.78, 5) is 12.5. The van der Waals surface area contributed by atoms with E-state index < -0.39 is 0 Å². The van der Waals surface area contributed by atoms with Crippen molar-refractivity contribution in [1.82, 2.24) is 0 Å². The topological polar surface area (TPSA) is 55.1 Å². The van der Waals surface area contributed by atoms with E-state index in [1.54, 1.807) is 12.1 Å². The molecule has 22 heavy (non-hydrogen) atoms. The molecule has 0 aliphatic rings. The van der Waals surface area contributed by atoms with Crippen LogP contribution >= 0.6 is 47.8 Å². The summed E-state index contributed by atoms with van der Waals surface area (Å²) in [6.07, 6.45) is 0.757. The molecule has 3 nitrogen and oxygen atoms in total. The number of rotatable bonds is 3. The fourth-order valence-electron chi connectivity index (χ4n) is 2.22. The van der Waals surface area contributed by atoms with E-state index in [0.29, 0.717) is 11.3 Å². The standard InChI is InChI=1S/C16H15Br3N2O/c1-3-11-13(19)14(20)12(18)8(2)15(11)21-16(22)9-5-4-6-10(17)7-9/h4-7H,3,20H2,1-2H3,(H,21,22). The number of benzene rings is 2. The second-order valence-electron chi connectivity index (χ2n) is 4.84. The van der Waals surface area contributed by atoms with Crippen LogP contribution in [0.15, 0.2) is 37.7 Å². The molecule has 0 bridgehead atoms. The average Bonchev–Trinajstić information content (AvgIpc) is 2.50. The van der Waals surface area contributed by atoms with Crippen LogP contribution in [0.5, 0.6) is 0 Å². The molecule has 0 aromatic heterocycles. The van der Waals surface area contributed by atoms with Crippen LogP contribution in [0, 0.1) is 6.92 Å². The summed E-state index contributed by atoms with van der Waals surface area (Å²) in [7, 11) is 0. The highest BCUT2D eigenvalue weighted by Crippen LogP contribution is 2.40. The second-order valence-corrected chi connectivity index (χ2v) is 7.34. The summed E-state index contributed by atoms with van der Waals surface area (Å²) in [5, 5.41) is 3.01. The van der Waals surface area contributed by atoms with Crippen LogP contribution in [0.2, 0.25) is 0 Å². The maximum atomic E-state index is 12.5. The predicted molar refractivity (Wildman–Crippen MR) is 102 cm³/mol. The van der Waals surface area contributed by atoms with E-state index in [-0.39, 0.29) is 5.91 Å². The lowest BCUT2D eigenvalue weighted by Crippen LogP contribution is -2.15. The quantitative estimate of drug-likeness (QED) is 0.544. The summed E-state index contributed by atoms with van der Waals surface area (Å²) < 4.78 is 2.48. The first-order valence-electron chi connectivity index (χ1n) is 6.69. The maximum absolute atomic E-state index is 12.5. The van der Waals surface area contributed by atoms with Crippen molar-refractivity contribution in [2.75, 3.05) is 11.1 Å². The normalized spacial score (nSPS) is 10.6. The van der Waals surface area contributed by atoms with Crippen LogP contribution in [0.3, 0.4) is 0 Å². The first kappa shape index (κ1) is 17.5. The van der Waals surface area contributed by atoms with Crippen molar-refractivity contribution in [2.24, 2.45) is 0 Å². The van der Waals surface area contributed by atoms with Gasteiger partial charge in [-0.25, -0.2) is 0 Å². The molecule has 3 N–H and O–H groups in total. The van der Waals surface area contributed by atoms with E-state index in [9.17, 15) is 4.79 Å². The predicted octanol–water partition coefficient (Wildman–Crippen LogP) is 5.68. The minimum Gasteiger partial charge on any atom is -0.397 e. The van der Waals surface area contributed by atoms with Crippen LogP contribution in [-0.2, 0) is 6.42 Å². The van der Waals surface area contributed by atoms with Gasteiger partial charge >= 0.3 is 0 Å². The van der Waals surface area contributed by atoms with Crippen molar-refractivity contribution in [3.63, 3.8) is 0 Å². The minimum atomic E-state index is -0.150. The van der Waals surface area contributed by atoms with E-state index >= 15 is 0 Å². The molecule has 0 heterocycles. The lowest BCUT2D eigenvalue weighted by molar-refractivity contribution is 0.102. The van der Waals surface area contributed by atoms with Crippen molar-refractivity contribution in [1.29, 1.82) is 0 Å². The molecule has 0 atom stereocenters. The summed E-state index contributed by atoms with van der Waals surface area (Å²) in [5.74, 6) is -0.150. The third-order valence-electron chi connectivity index (χ3n) is 3.42. The third kappa shape index (κ3) is 3.39. The molecule has 1 amide bonds. The summed E-state index contributed by atoms with van der Waals surface area (Å²) in [5.41, 5.74) is 10.0. The number of nitrogen functional groups attached to an aromatic ring is 1. The van der Waals surface area contributed by atoms with Crippen LogP contribution in [0.1, 0.15) is 28.4 Å². The first-order chi connectivity index (χ1) is 10.4. The molecule has 0 saturated heterocycles. The highest BCUT2D eigenvalue weighted by atomic mass is 79.9. The fourth-order valence-corrected chi connectivity index (χ4v) is 3.96. The van der Waals surface area contributed by atoms with Gasteiger partial charge in [-0.15, -0.1) is 0 Å². The van der Waals surface area contributed by atoms with Crippen molar-refractivity contribution >= 4 is 65.1 Å². The summed E-state index contributed by atoms with van der Waals surface area (Å²) in [6, 6.07) is 7.29. The van der Waals surface area contributed by atoms with Gasteiger partial charge in [-0.2, -0.15) is 0 Å². The number of carbonyl (C=O) groups excluding carboxylic acids is 1. The summed E-state index contributed by atoms with van der Waals surface area (Å²) >= 11 is 10.4. The molecule has 2 aromatic carbocycles. The number of nitrogens with two attached hydrogens (primary N) is 1. The third-order valence-corrected chi connectivity index (χ3v) is 5.84. The van der Waals surface area contributed by atoms with Gasteiger partial charge in [-0.05, 0) is 74.5 Å². The van der Waals surface area contributed by atoms with Gasteiger partial charge in [0.25, 0.3) is 5.91 Å². The highest BCUT2D eigenvalue weighted by molar-refractivity contribution is 9.11. The van der Waals surface area contributed by atoms with Crippen LogP contribution in [0.25, 0.3) is 0 Å². The van der Waals surface area contributed by atoms with Gasteiger partial charge in [-0.3, -0.25) is 4.79 Å². The maximum Gasteiger partial charge on any atom is 0.255 e.